The van der Waals surface area contributed by atoms with Crippen molar-refractivity contribution in [3.63, 3.8) is 0 Å². The Balaban J connectivity index is 2.09. The van der Waals surface area contributed by atoms with Gasteiger partial charge in [-0.3, -0.25) is 9.69 Å². The lowest BCUT2D eigenvalue weighted by atomic mass is 9.92. The molecule has 2 aliphatic heterocycles. The minimum Gasteiger partial charge on any atom is -0.388 e. The fraction of sp³-hybridized carbons (Fsp3) is 0.944. The molecule has 0 aromatic heterocycles. The van der Waals surface area contributed by atoms with Crippen molar-refractivity contribution in [2.75, 3.05) is 19.8 Å². The summed E-state index contributed by atoms with van der Waals surface area (Å²) in [4.78, 5) is 14.9. The fourth-order valence-corrected chi connectivity index (χ4v) is 5.00. The van der Waals surface area contributed by atoms with E-state index in [1.54, 1.807) is 13.2 Å². The van der Waals surface area contributed by atoms with Gasteiger partial charge in [0.15, 0.2) is 0 Å². The van der Waals surface area contributed by atoms with Gasteiger partial charge in [-0.05, 0) is 39.0 Å². The van der Waals surface area contributed by atoms with Gasteiger partial charge < -0.3 is 25.4 Å². The first-order valence-electron chi connectivity index (χ1n) is 9.58. The minimum absolute atomic E-state index is 0.147. The maximum absolute atomic E-state index is 12.9. The van der Waals surface area contributed by atoms with Crippen molar-refractivity contribution in [1.29, 1.82) is 0 Å². The third-order valence-electron chi connectivity index (χ3n) is 5.63. The van der Waals surface area contributed by atoms with E-state index in [1.165, 1.54) is 11.8 Å². The van der Waals surface area contributed by atoms with Crippen LogP contribution in [0.15, 0.2) is 0 Å². The monoisotopic (exact) mass is 424 g/mol. The molecule has 0 saturated carbocycles. The molecule has 2 rings (SSSR count). The van der Waals surface area contributed by atoms with E-state index in [1.807, 2.05) is 11.9 Å². The first-order valence-corrected chi connectivity index (χ1v) is 11.3. The van der Waals surface area contributed by atoms with Crippen LogP contribution in [0.4, 0.5) is 0 Å². The topological polar surface area (TPSA) is 102 Å². The van der Waals surface area contributed by atoms with Crippen molar-refractivity contribution in [3.8, 4) is 0 Å². The summed E-state index contributed by atoms with van der Waals surface area (Å²) >= 11 is 7.55. The average Bonchev–Trinajstić information content (AvgIpc) is 2.99. The number of nitrogens with zero attached hydrogens (tertiary/aromatic N) is 1. The number of nitrogens with one attached hydrogen (secondary N) is 1. The molecule has 158 valence electrons. The smallest absolute Gasteiger partial charge is 0.237 e. The third kappa shape index (κ3) is 5.29. The molecule has 9 heteroatoms. The lowest BCUT2D eigenvalue weighted by molar-refractivity contribution is -0.205. The van der Waals surface area contributed by atoms with Crippen molar-refractivity contribution in [2.45, 2.75) is 80.4 Å². The number of likely N-dealkylation sites (N-methyl/N-ethyl adjacent to an activating group) is 1. The molecule has 0 aromatic carbocycles. The normalized spacial score (nSPS) is 39.9. The molecule has 2 saturated heterocycles. The molecule has 0 bridgehead atoms. The van der Waals surface area contributed by atoms with Crippen LogP contribution >= 0.6 is 23.4 Å². The van der Waals surface area contributed by atoms with Gasteiger partial charge in [0.25, 0.3) is 0 Å². The Morgan fingerprint density at radius 3 is 2.56 bits per heavy atom. The zero-order valence-corrected chi connectivity index (χ0v) is 18.0. The predicted octanol–water partition coefficient (Wildman–Crippen LogP) is 0.390. The summed E-state index contributed by atoms with van der Waals surface area (Å²) in [5.41, 5.74) is -0.702. The predicted molar refractivity (Wildman–Crippen MR) is 107 cm³/mol. The summed E-state index contributed by atoms with van der Waals surface area (Å²) in [6, 6.07) is -0.934. The Labute approximate surface area is 170 Å². The van der Waals surface area contributed by atoms with Crippen LogP contribution in [0.1, 0.15) is 33.1 Å². The average molecular weight is 425 g/mol. The number of alkyl halides is 1. The van der Waals surface area contributed by atoms with Crippen LogP contribution < -0.4 is 5.32 Å². The van der Waals surface area contributed by atoms with Crippen molar-refractivity contribution >= 4 is 29.3 Å². The van der Waals surface area contributed by atoms with E-state index in [2.05, 4.69) is 12.2 Å². The molecule has 1 amide bonds. The number of ether oxygens (including phenoxy) is 1. The third-order valence-corrected chi connectivity index (χ3v) is 6.76. The summed E-state index contributed by atoms with van der Waals surface area (Å²) in [5.74, 6) is 0.350. The van der Waals surface area contributed by atoms with Crippen LogP contribution in [0.2, 0.25) is 0 Å². The van der Waals surface area contributed by atoms with E-state index in [-0.39, 0.29) is 11.9 Å². The first-order chi connectivity index (χ1) is 12.7. The van der Waals surface area contributed by atoms with E-state index in [0.29, 0.717) is 5.92 Å². The summed E-state index contributed by atoms with van der Waals surface area (Å²) < 4.78 is 5.79. The summed E-state index contributed by atoms with van der Waals surface area (Å²) in [6.07, 6.45) is -0.0980. The summed E-state index contributed by atoms with van der Waals surface area (Å²) in [7, 11) is 1.94. The molecule has 4 N–H and O–H groups in total. The second kappa shape index (κ2) is 10.1. The van der Waals surface area contributed by atoms with E-state index < -0.39 is 41.3 Å². The maximum atomic E-state index is 12.9. The Hall–Kier alpha value is -0.0900. The van der Waals surface area contributed by atoms with Gasteiger partial charge >= 0.3 is 0 Å². The molecule has 7 nitrogen and oxygen atoms in total. The van der Waals surface area contributed by atoms with Gasteiger partial charge in [0.05, 0.1) is 17.5 Å². The number of hydrogen-bond acceptors (Lipinski definition) is 7. The zero-order valence-electron chi connectivity index (χ0n) is 16.4. The van der Waals surface area contributed by atoms with Crippen molar-refractivity contribution in [2.24, 2.45) is 5.92 Å². The highest BCUT2D eigenvalue weighted by Gasteiger charge is 2.48. The molecule has 2 fully saturated rings. The molecule has 0 aromatic rings. The maximum Gasteiger partial charge on any atom is 0.237 e. The highest BCUT2D eigenvalue weighted by atomic mass is 35.5. The van der Waals surface area contributed by atoms with E-state index in [4.69, 9.17) is 16.3 Å². The fourth-order valence-electron chi connectivity index (χ4n) is 4.11. The number of carbonyl (C=O) groups excluding carboxylic acids is 1. The second-order valence-corrected chi connectivity index (χ2v) is 9.36. The van der Waals surface area contributed by atoms with Gasteiger partial charge in [-0.15, -0.1) is 23.4 Å². The molecular weight excluding hydrogens is 392 g/mol. The van der Waals surface area contributed by atoms with Crippen LogP contribution in [0.5, 0.6) is 0 Å². The van der Waals surface area contributed by atoms with E-state index >= 15 is 0 Å². The molecule has 0 radical (unpaired) electrons. The molecule has 2 aliphatic rings. The number of aliphatic hydroxyl groups excluding tert-OH is 3. The zero-order chi connectivity index (χ0) is 20.3. The largest absolute Gasteiger partial charge is 0.388 e. The Morgan fingerprint density at radius 1 is 1.33 bits per heavy atom. The van der Waals surface area contributed by atoms with Gasteiger partial charge in [-0.2, -0.15) is 0 Å². The number of hydrogen-bond donors (Lipinski definition) is 4. The number of aliphatic hydroxyl groups is 3. The van der Waals surface area contributed by atoms with Crippen LogP contribution in [-0.4, -0.2) is 93.3 Å². The van der Waals surface area contributed by atoms with Gasteiger partial charge in [-0.25, -0.2) is 0 Å². The van der Waals surface area contributed by atoms with Crippen LogP contribution in [0.3, 0.4) is 0 Å². The molecule has 27 heavy (non-hydrogen) atoms. The van der Waals surface area contributed by atoms with Crippen molar-refractivity contribution < 1.29 is 24.9 Å². The summed E-state index contributed by atoms with van der Waals surface area (Å²) in [5, 5.41) is 33.0. The Bertz CT molecular complexity index is 498. The highest BCUT2D eigenvalue weighted by molar-refractivity contribution is 7.99. The highest BCUT2D eigenvalue weighted by Crippen LogP contribution is 2.31. The quantitative estimate of drug-likeness (QED) is 0.438. The molecule has 9 atom stereocenters. The van der Waals surface area contributed by atoms with E-state index in [9.17, 15) is 20.1 Å². The molecule has 2 heterocycles. The molecular formula is C18H33ClN2O5S. The van der Waals surface area contributed by atoms with Gasteiger partial charge in [0.1, 0.15) is 29.9 Å². The first kappa shape index (κ1) is 23.2. The van der Waals surface area contributed by atoms with E-state index in [0.717, 1.165) is 25.8 Å². The Morgan fingerprint density at radius 2 is 2.00 bits per heavy atom. The second-order valence-electron chi connectivity index (χ2n) is 7.73. The van der Waals surface area contributed by atoms with Gasteiger partial charge in [0.2, 0.25) is 5.91 Å². The summed E-state index contributed by atoms with van der Waals surface area (Å²) in [6.45, 7) is 4.74. The molecule has 0 spiro atoms. The standard InChI is InChI=1S/C18H33ClN2O5S/c1-5-6-10-7-11(21(3)8-10)17(25)20-12(9(2)19)16-14(23)13(22)15(24)18(26-16)27-4/h9-16,18,22-24H,5-8H2,1-4H3,(H,20,25)/t9-,10+,11-,12+,13+,14+,15+,16+,18+/m1/s1. The van der Waals surface area contributed by atoms with Crippen LogP contribution in [-0.2, 0) is 9.53 Å². The van der Waals surface area contributed by atoms with Crippen LogP contribution in [0, 0.1) is 5.92 Å². The number of amides is 1. The van der Waals surface area contributed by atoms with Gasteiger partial charge in [-0.1, -0.05) is 13.3 Å². The van der Waals surface area contributed by atoms with Crippen molar-refractivity contribution in [3.05, 3.63) is 0 Å². The molecule has 0 unspecified atom stereocenters. The lowest BCUT2D eigenvalue weighted by Gasteiger charge is -2.44. The lowest BCUT2D eigenvalue weighted by Crippen LogP contribution is -2.65. The number of rotatable bonds is 7. The molecule has 0 aliphatic carbocycles. The van der Waals surface area contributed by atoms with Crippen molar-refractivity contribution in [1.82, 2.24) is 10.2 Å². The number of likely N-dealkylation sites (tertiary alicyclic amines) is 1. The number of halogens is 1. The number of carbonyl (C=O) groups is 1. The number of thioether (sulfide) groups is 1. The van der Waals surface area contributed by atoms with Crippen LogP contribution in [0.25, 0.3) is 0 Å². The minimum atomic E-state index is -1.36. The van der Waals surface area contributed by atoms with Gasteiger partial charge in [0, 0.05) is 6.54 Å². The Kier molecular flexibility index (Phi) is 8.67. The SMILES string of the molecule is CCC[C@H]1C[C@H](C(=O)N[C@H]([C@@H]2O[C@@H](SC)[C@@H](O)[C@@H](O)[C@@H]2O)[C@@H](C)Cl)N(C)C1.